The number of alkyl halides is 3. The number of hydrogen-bond acceptors (Lipinski definition) is 3. The summed E-state index contributed by atoms with van der Waals surface area (Å²) in [6.07, 6.45) is 0.893. The first-order chi connectivity index (χ1) is 11.4. The van der Waals surface area contributed by atoms with Crippen LogP contribution in [0.15, 0.2) is 30.7 Å². The number of nitrogens with zero attached hydrogens (tertiary/aromatic N) is 3. The molecule has 3 heterocycles. The van der Waals surface area contributed by atoms with E-state index in [2.05, 4.69) is 20.6 Å². The quantitative estimate of drug-likeness (QED) is 0.903. The van der Waals surface area contributed by atoms with Gasteiger partial charge in [0.1, 0.15) is 5.82 Å². The summed E-state index contributed by atoms with van der Waals surface area (Å²) in [7, 11) is 0. The molecule has 0 radical (unpaired) electrons. The van der Waals surface area contributed by atoms with Gasteiger partial charge in [0.05, 0.1) is 0 Å². The third-order valence-electron chi connectivity index (χ3n) is 3.87. The maximum Gasteiger partial charge on any atom is 0.434 e. The smallest absolute Gasteiger partial charge is 0.338 e. The van der Waals surface area contributed by atoms with Gasteiger partial charge >= 0.3 is 12.2 Å². The number of aromatic nitrogens is 3. The van der Waals surface area contributed by atoms with E-state index in [1.54, 1.807) is 24.5 Å². The number of pyridine rings is 1. The standard InChI is InChI=1S/C15H16F3N5O/c16-15(17,18)12-9-23-8-10(1-2-13(23)22-12)7-20-14(24)21-11-3-5-19-6-4-11/h3-6,9-10H,1-2,7-8H2,(H2,19,20,21,24)/t10-/m0/s1. The number of imidazole rings is 1. The number of urea groups is 1. The first-order valence-corrected chi connectivity index (χ1v) is 7.50. The maximum absolute atomic E-state index is 12.7. The van der Waals surface area contributed by atoms with E-state index in [4.69, 9.17) is 0 Å². The summed E-state index contributed by atoms with van der Waals surface area (Å²) in [4.78, 5) is 19.3. The highest BCUT2D eigenvalue weighted by atomic mass is 19.4. The number of carbonyl (C=O) groups is 1. The summed E-state index contributed by atoms with van der Waals surface area (Å²) >= 11 is 0. The lowest BCUT2D eigenvalue weighted by atomic mass is 9.99. The van der Waals surface area contributed by atoms with E-state index < -0.39 is 11.9 Å². The van der Waals surface area contributed by atoms with Crippen LogP contribution in [0.5, 0.6) is 0 Å². The minimum atomic E-state index is -4.43. The van der Waals surface area contributed by atoms with Gasteiger partial charge in [0.2, 0.25) is 0 Å². The largest absolute Gasteiger partial charge is 0.434 e. The number of anilines is 1. The molecule has 2 aromatic rings. The van der Waals surface area contributed by atoms with Crippen LogP contribution in [0.25, 0.3) is 0 Å². The van der Waals surface area contributed by atoms with Gasteiger partial charge in [-0.05, 0) is 24.5 Å². The van der Waals surface area contributed by atoms with Crippen molar-refractivity contribution in [3.63, 3.8) is 0 Å². The summed E-state index contributed by atoms with van der Waals surface area (Å²) in [5.74, 6) is 0.510. The van der Waals surface area contributed by atoms with Gasteiger partial charge in [-0.15, -0.1) is 0 Å². The predicted octanol–water partition coefficient (Wildman–Crippen LogP) is 2.68. The number of halogens is 3. The van der Waals surface area contributed by atoms with E-state index in [0.717, 1.165) is 6.20 Å². The fourth-order valence-corrected chi connectivity index (χ4v) is 2.67. The van der Waals surface area contributed by atoms with Crippen LogP contribution < -0.4 is 10.6 Å². The van der Waals surface area contributed by atoms with Gasteiger partial charge in [-0.25, -0.2) is 9.78 Å². The monoisotopic (exact) mass is 339 g/mol. The normalized spacial score (nSPS) is 17.2. The molecule has 9 heteroatoms. The van der Waals surface area contributed by atoms with Gasteiger partial charge in [-0.2, -0.15) is 13.2 Å². The first kappa shape index (κ1) is 16.3. The summed E-state index contributed by atoms with van der Waals surface area (Å²) in [5.41, 5.74) is -0.237. The van der Waals surface area contributed by atoms with Gasteiger partial charge < -0.3 is 15.2 Å². The van der Waals surface area contributed by atoms with Crippen molar-refractivity contribution in [2.45, 2.75) is 25.6 Å². The lowest BCUT2D eigenvalue weighted by molar-refractivity contribution is -0.141. The van der Waals surface area contributed by atoms with E-state index in [9.17, 15) is 18.0 Å². The number of aryl methyl sites for hydroxylation is 1. The summed E-state index contributed by atoms with van der Waals surface area (Å²) in [5, 5.41) is 5.41. The molecule has 1 aliphatic rings. The zero-order chi connectivity index (χ0) is 17.2. The van der Waals surface area contributed by atoms with E-state index in [1.807, 2.05) is 0 Å². The molecular weight excluding hydrogens is 323 g/mol. The van der Waals surface area contributed by atoms with Crippen molar-refractivity contribution in [3.05, 3.63) is 42.2 Å². The molecule has 0 aromatic carbocycles. The van der Waals surface area contributed by atoms with Crippen molar-refractivity contribution in [3.8, 4) is 0 Å². The highest BCUT2D eigenvalue weighted by Gasteiger charge is 2.35. The molecule has 0 saturated carbocycles. The van der Waals surface area contributed by atoms with Crippen LogP contribution in [0, 0.1) is 5.92 Å². The average molecular weight is 339 g/mol. The van der Waals surface area contributed by atoms with Crippen LogP contribution >= 0.6 is 0 Å². The molecule has 1 aliphatic heterocycles. The van der Waals surface area contributed by atoms with Crippen molar-refractivity contribution < 1.29 is 18.0 Å². The molecule has 0 saturated heterocycles. The summed E-state index contributed by atoms with van der Waals surface area (Å²) < 4.78 is 39.6. The number of carbonyl (C=O) groups excluding carboxylic acids is 1. The van der Waals surface area contributed by atoms with Crippen molar-refractivity contribution in [2.24, 2.45) is 5.92 Å². The Morgan fingerprint density at radius 3 is 2.79 bits per heavy atom. The third kappa shape index (κ3) is 3.84. The minimum absolute atomic E-state index is 0.0657. The zero-order valence-electron chi connectivity index (χ0n) is 12.7. The van der Waals surface area contributed by atoms with Gasteiger partial charge in [0.25, 0.3) is 0 Å². The lowest BCUT2D eigenvalue weighted by Crippen LogP contribution is -2.36. The topological polar surface area (TPSA) is 71.8 Å². The molecule has 2 N–H and O–H groups in total. The second-order valence-corrected chi connectivity index (χ2v) is 5.67. The van der Waals surface area contributed by atoms with E-state index >= 15 is 0 Å². The number of rotatable bonds is 3. The van der Waals surface area contributed by atoms with E-state index in [-0.39, 0.29) is 11.9 Å². The Bertz CT molecular complexity index is 714. The Kier molecular flexibility index (Phi) is 4.41. The van der Waals surface area contributed by atoms with Crippen molar-refractivity contribution >= 4 is 11.7 Å². The summed E-state index contributed by atoms with van der Waals surface area (Å²) in [6.45, 7) is 0.795. The van der Waals surface area contributed by atoms with Crippen LogP contribution in [0.2, 0.25) is 0 Å². The number of nitrogens with one attached hydrogen (secondary N) is 2. The lowest BCUT2D eigenvalue weighted by Gasteiger charge is -2.23. The van der Waals surface area contributed by atoms with Gasteiger partial charge in [-0.1, -0.05) is 0 Å². The maximum atomic E-state index is 12.7. The number of fused-ring (bicyclic) bond motifs is 1. The van der Waals surface area contributed by atoms with Crippen LogP contribution in [0.1, 0.15) is 17.9 Å². The van der Waals surface area contributed by atoms with Gasteiger partial charge in [0.15, 0.2) is 5.69 Å². The Morgan fingerprint density at radius 1 is 1.33 bits per heavy atom. The predicted molar refractivity (Wildman–Crippen MR) is 80.3 cm³/mol. The molecular formula is C15H16F3N5O. The SMILES string of the molecule is O=C(NC[C@@H]1CCc2nc(C(F)(F)F)cn2C1)Nc1ccncc1. The molecule has 0 fully saturated rings. The van der Waals surface area contributed by atoms with E-state index in [0.29, 0.717) is 37.4 Å². The number of hydrogen-bond donors (Lipinski definition) is 2. The fourth-order valence-electron chi connectivity index (χ4n) is 2.67. The average Bonchev–Trinajstić information content (AvgIpc) is 2.97. The Balaban J connectivity index is 1.53. The van der Waals surface area contributed by atoms with E-state index in [1.165, 1.54) is 4.57 Å². The Hall–Kier alpha value is -2.58. The molecule has 128 valence electrons. The molecule has 3 rings (SSSR count). The molecule has 0 spiro atoms. The molecule has 1 atom stereocenters. The van der Waals surface area contributed by atoms with Crippen molar-refractivity contribution in [1.29, 1.82) is 0 Å². The molecule has 0 unspecified atom stereocenters. The molecule has 0 aliphatic carbocycles. The molecule has 2 aromatic heterocycles. The second kappa shape index (κ2) is 6.50. The van der Waals surface area contributed by atoms with Crippen LogP contribution in [-0.4, -0.2) is 27.1 Å². The van der Waals surface area contributed by atoms with Crippen LogP contribution in [-0.2, 0) is 19.1 Å². The zero-order valence-corrected chi connectivity index (χ0v) is 12.7. The molecule has 0 bridgehead atoms. The van der Waals surface area contributed by atoms with Crippen LogP contribution in [0.3, 0.4) is 0 Å². The van der Waals surface area contributed by atoms with Gasteiger partial charge in [0, 0.05) is 43.8 Å². The highest BCUT2D eigenvalue weighted by molar-refractivity contribution is 5.89. The van der Waals surface area contributed by atoms with Crippen molar-refractivity contribution in [1.82, 2.24) is 19.9 Å². The molecule has 6 nitrogen and oxygen atoms in total. The number of amides is 2. The summed E-state index contributed by atoms with van der Waals surface area (Å²) in [6, 6.07) is 2.97. The van der Waals surface area contributed by atoms with Crippen molar-refractivity contribution in [2.75, 3.05) is 11.9 Å². The Labute approximate surface area is 136 Å². The fraction of sp³-hybridized carbons (Fsp3) is 0.400. The third-order valence-corrected chi connectivity index (χ3v) is 3.87. The van der Waals surface area contributed by atoms with Crippen LogP contribution in [0.4, 0.5) is 23.7 Å². The minimum Gasteiger partial charge on any atom is -0.338 e. The first-order valence-electron chi connectivity index (χ1n) is 7.50. The van der Waals surface area contributed by atoms with Gasteiger partial charge in [-0.3, -0.25) is 4.98 Å². The molecule has 2 amide bonds. The second-order valence-electron chi connectivity index (χ2n) is 5.67. The highest BCUT2D eigenvalue weighted by Crippen LogP contribution is 2.30. The molecule has 24 heavy (non-hydrogen) atoms. The Morgan fingerprint density at radius 2 is 2.08 bits per heavy atom.